The molecule has 3 rings (SSSR count). The van der Waals surface area contributed by atoms with Crippen LogP contribution >= 0.6 is 0 Å². The number of hydrogen-bond acceptors (Lipinski definition) is 6. The van der Waals surface area contributed by atoms with E-state index in [1.165, 1.54) is 0 Å². The quantitative estimate of drug-likeness (QED) is 0.651. The highest BCUT2D eigenvalue weighted by molar-refractivity contribution is 5.99. The Balaban J connectivity index is 2.00. The maximum Gasteiger partial charge on any atom is 0.344 e. The number of rotatable bonds is 9. The largest absolute Gasteiger partial charge is 0.493 e. The lowest BCUT2D eigenvalue weighted by atomic mass is 9.99. The lowest BCUT2D eigenvalue weighted by Crippen LogP contribution is -2.16. The molecule has 29 heavy (non-hydrogen) atoms. The number of fused-ring (bicyclic) bond motifs is 1. The van der Waals surface area contributed by atoms with Gasteiger partial charge in [0.05, 0.1) is 20.3 Å². The second-order valence-corrected chi connectivity index (χ2v) is 6.47. The molecule has 1 aliphatic heterocycles. The molecule has 2 aromatic rings. The summed E-state index contributed by atoms with van der Waals surface area (Å²) in [5, 5.41) is 2.81. The summed E-state index contributed by atoms with van der Waals surface area (Å²) >= 11 is 0. The Morgan fingerprint density at radius 1 is 1.07 bits per heavy atom. The van der Waals surface area contributed by atoms with E-state index in [4.69, 9.17) is 18.9 Å². The lowest BCUT2D eigenvalue weighted by molar-refractivity contribution is -0.146. The van der Waals surface area contributed by atoms with Gasteiger partial charge < -0.3 is 24.3 Å². The van der Waals surface area contributed by atoms with Gasteiger partial charge in [0.1, 0.15) is 0 Å². The molecular weight excluding hydrogens is 374 g/mol. The van der Waals surface area contributed by atoms with E-state index in [0.717, 1.165) is 23.1 Å². The molecule has 0 bridgehead atoms. The van der Waals surface area contributed by atoms with E-state index in [2.05, 4.69) is 5.32 Å². The third kappa shape index (κ3) is 4.45. The molecule has 0 unspecified atom stereocenters. The van der Waals surface area contributed by atoms with Gasteiger partial charge in [0.25, 0.3) is 5.91 Å². The number of amides is 1. The van der Waals surface area contributed by atoms with Gasteiger partial charge in [-0.05, 0) is 48.7 Å². The molecule has 0 fully saturated rings. The van der Waals surface area contributed by atoms with Crippen LogP contribution in [0.1, 0.15) is 36.2 Å². The van der Waals surface area contributed by atoms with Crippen molar-refractivity contribution in [1.29, 1.82) is 0 Å². The zero-order valence-corrected chi connectivity index (χ0v) is 16.9. The maximum absolute atomic E-state index is 12.0. The van der Waals surface area contributed by atoms with E-state index < -0.39 is 5.97 Å². The van der Waals surface area contributed by atoms with Crippen molar-refractivity contribution < 1.29 is 28.5 Å². The average molecular weight is 399 g/mol. The standard InChI is InChI=1S/C22H25NO6/c1-4-10-28-19(24)13-29-20-16(8-9-18(26-3)21(20)27-5-2)14-6-7-17-15(11-14)12-23-22(17)25/h6-9,11H,4-5,10,12-13H2,1-3H3,(H,23,25). The van der Waals surface area contributed by atoms with Crippen LogP contribution in [0.15, 0.2) is 30.3 Å². The van der Waals surface area contributed by atoms with Crippen LogP contribution in [-0.4, -0.2) is 38.8 Å². The van der Waals surface area contributed by atoms with Crippen LogP contribution < -0.4 is 19.5 Å². The fraction of sp³-hybridized carbons (Fsp3) is 0.364. The summed E-state index contributed by atoms with van der Waals surface area (Å²) in [6.45, 7) is 4.77. The summed E-state index contributed by atoms with van der Waals surface area (Å²) < 4.78 is 22.1. The van der Waals surface area contributed by atoms with Gasteiger partial charge in [0.15, 0.2) is 18.1 Å². The smallest absolute Gasteiger partial charge is 0.344 e. The number of hydrogen-bond donors (Lipinski definition) is 1. The van der Waals surface area contributed by atoms with E-state index in [0.29, 0.717) is 42.6 Å². The Kier molecular flexibility index (Phi) is 6.59. The monoisotopic (exact) mass is 399 g/mol. The first-order chi connectivity index (χ1) is 14.1. The summed E-state index contributed by atoms with van der Waals surface area (Å²) in [5.74, 6) is 0.797. The summed E-state index contributed by atoms with van der Waals surface area (Å²) in [5.41, 5.74) is 3.16. The van der Waals surface area contributed by atoms with Crippen LogP contribution in [-0.2, 0) is 16.1 Å². The number of ether oxygens (including phenoxy) is 4. The van der Waals surface area contributed by atoms with Crippen molar-refractivity contribution in [2.75, 3.05) is 26.9 Å². The SMILES string of the molecule is CCCOC(=O)COc1c(-c2ccc3c(c2)CNC3=O)ccc(OC)c1OCC. The molecule has 2 aromatic carbocycles. The molecule has 1 heterocycles. The zero-order valence-electron chi connectivity index (χ0n) is 16.9. The molecular formula is C22H25NO6. The zero-order chi connectivity index (χ0) is 20.8. The first-order valence-electron chi connectivity index (χ1n) is 9.62. The maximum atomic E-state index is 12.0. The molecule has 0 aromatic heterocycles. The molecule has 0 aliphatic carbocycles. The van der Waals surface area contributed by atoms with Gasteiger partial charge in [-0.15, -0.1) is 0 Å². The molecule has 0 spiro atoms. The molecule has 7 heteroatoms. The van der Waals surface area contributed by atoms with E-state index in [-0.39, 0.29) is 12.5 Å². The fourth-order valence-electron chi connectivity index (χ4n) is 3.15. The van der Waals surface area contributed by atoms with Gasteiger partial charge in [0.2, 0.25) is 5.75 Å². The van der Waals surface area contributed by atoms with Gasteiger partial charge in [-0.3, -0.25) is 4.79 Å². The van der Waals surface area contributed by atoms with Crippen molar-refractivity contribution in [3.05, 3.63) is 41.5 Å². The molecule has 7 nitrogen and oxygen atoms in total. The Labute approximate surface area is 169 Å². The van der Waals surface area contributed by atoms with Crippen molar-refractivity contribution in [3.63, 3.8) is 0 Å². The number of carbonyl (C=O) groups excluding carboxylic acids is 2. The highest BCUT2D eigenvalue weighted by Crippen LogP contribution is 2.45. The average Bonchev–Trinajstić information content (AvgIpc) is 3.11. The number of nitrogens with one attached hydrogen (secondary N) is 1. The second kappa shape index (κ2) is 9.32. The molecule has 0 saturated heterocycles. The Bertz CT molecular complexity index is 908. The van der Waals surface area contributed by atoms with Crippen molar-refractivity contribution in [3.8, 4) is 28.4 Å². The minimum absolute atomic E-state index is 0.0774. The van der Waals surface area contributed by atoms with E-state index in [9.17, 15) is 9.59 Å². The van der Waals surface area contributed by atoms with Crippen LogP contribution in [0.3, 0.4) is 0 Å². The topological polar surface area (TPSA) is 83.1 Å². The summed E-state index contributed by atoms with van der Waals surface area (Å²) in [6.07, 6.45) is 0.738. The van der Waals surface area contributed by atoms with E-state index in [1.54, 1.807) is 19.2 Å². The van der Waals surface area contributed by atoms with Crippen molar-refractivity contribution in [1.82, 2.24) is 5.32 Å². The second-order valence-electron chi connectivity index (χ2n) is 6.47. The van der Waals surface area contributed by atoms with Crippen molar-refractivity contribution in [2.45, 2.75) is 26.8 Å². The van der Waals surface area contributed by atoms with Crippen LogP contribution in [0.2, 0.25) is 0 Å². The van der Waals surface area contributed by atoms with Crippen LogP contribution in [0.5, 0.6) is 17.2 Å². The number of carbonyl (C=O) groups is 2. The Hall–Kier alpha value is -3.22. The lowest BCUT2D eigenvalue weighted by Gasteiger charge is -2.18. The van der Waals surface area contributed by atoms with Crippen LogP contribution in [0, 0.1) is 0 Å². The third-order valence-electron chi connectivity index (χ3n) is 4.49. The summed E-state index contributed by atoms with van der Waals surface area (Å²) in [4.78, 5) is 23.8. The minimum Gasteiger partial charge on any atom is -0.493 e. The fourth-order valence-corrected chi connectivity index (χ4v) is 3.15. The number of benzene rings is 2. The Morgan fingerprint density at radius 3 is 2.59 bits per heavy atom. The van der Waals surface area contributed by atoms with Crippen LogP contribution in [0.4, 0.5) is 0 Å². The normalized spacial score (nSPS) is 12.2. The molecule has 1 N–H and O–H groups in total. The molecule has 1 aliphatic rings. The molecule has 1 amide bonds. The van der Waals surface area contributed by atoms with Gasteiger partial charge in [-0.1, -0.05) is 13.0 Å². The molecule has 0 radical (unpaired) electrons. The highest BCUT2D eigenvalue weighted by atomic mass is 16.6. The first-order valence-corrected chi connectivity index (χ1v) is 9.62. The van der Waals surface area contributed by atoms with Gasteiger partial charge in [-0.2, -0.15) is 0 Å². The molecule has 0 atom stereocenters. The van der Waals surface area contributed by atoms with Crippen LogP contribution in [0.25, 0.3) is 11.1 Å². The van der Waals surface area contributed by atoms with Gasteiger partial charge >= 0.3 is 5.97 Å². The van der Waals surface area contributed by atoms with E-state index >= 15 is 0 Å². The minimum atomic E-state index is -0.452. The van der Waals surface area contributed by atoms with E-state index in [1.807, 2.05) is 32.0 Å². The number of esters is 1. The first kappa shape index (κ1) is 20.5. The van der Waals surface area contributed by atoms with Gasteiger partial charge in [-0.25, -0.2) is 4.79 Å². The predicted octanol–water partition coefficient (Wildman–Crippen LogP) is 3.34. The highest BCUT2D eigenvalue weighted by Gasteiger charge is 2.23. The molecule has 0 saturated carbocycles. The predicted molar refractivity (Wildman–Crippen MR) is 108 cm³/mol. The van der Waals surface area contributed by atoms with Crippen molar-refractivity contribution >= 4 is 11.9 Å². The number of methoxy groups -OCH3 is 1. The molecule has 154 valence electrons. The van der Waals surface area contributed by atoms with Crippen molar-refractivity contribution in [2.24, 2.45) is 0 Å². The summed E-state index contributed by atoms with van der Waals surface area (Å²) in [6, 6.07) is 9.21. The third-order valence-corrected chi connectivity index (χ3v) is 4.49. The summed E-state index contributed by atoms with van der Waals surface area (Å²) in [7, 11) is 1.55. The Morgan fingerprint density at radius 2 is 1.86 bits per heavy atom. The van der Waals surface area contributed by atoms with Gasteiger partial charge in [0, 0.05) is 17.7 Å².